The molecule has 0 bridgehead atoms. The molecule has 0 amide bonds. The summed E-state index contributed by atoms with van der Waals surface area (Å²) in [5, 5.41) is 0. The second kappa shape index (κ2) is 2.67. The summed E-state index contributed by atoms with van der Waals surface area (Å²) in [7, 11) is 0. The van der Waals surface area contributed by atoms with Gasteiger partial charge in [-0.3, -0.25) is 4.79 Å². The van der Waals surface area contributed by atoms with Gasteiger partial charge in [-0.1, -0.05) is 0 Å². The van der Waals surface area contributed by atoms with E-state index >= 15 is 0 Å². The Kier molecular flexibility index (Phi) is 1.88. The van der Waals surface area contributed by atoms with Crippen LogP contribution in [0.15, 0.2) is 11.3 Å². The zero-order valence-electron chi connectivity index (χ0n) is 5.39. The average molecular weight is 125 g/mol. The molecule has 0 saturated heterocycles. The molecule has 0 atom stereocenters. The van der Waals surface area contributed by atoms with Crippen molar-refractivity contribution in [3.8, 4) is 0 Å². The van der Waals surface area contributed by atoms with Crippen molar-refractivity contribution in [1.29, 1.82) is 0 Å². The van der Waals surface area contributed by atoms with Crippen molar-refractivity contribution in [1.82, 2.24) is 0 Å². The van der Waals surface area contributed by atoms with Crippen molar-refractivity contribution in [3.63, 3.8) is 0 Å². The molecule has 0 aliphatic heterocycles. The van der Waals surface area contributed by atoms with Gasteiger partial charge in [0.15, 0.2) is 0 Å². The molecule has 2 heteroatoms. The van der Waals surface area contributed by atoms with Crippen LogP contribution in [0.5, 0.6) is 0 Å². The summed E-state index contributed by atoms with van der Waals surface area (Å²) in [6.07, 6.45) is 4.94. The standard InChI is InChI=1S/C7H11NO/c8-7-4-2-1-3-6(7)5-9/h5H,1-4,8H2. The molecule has 0 heterocycles. The lowest BCUT2D eigenvalue weighted by Crippen LogP contribution is -2.08. The predicted octanol–water partition coefficient (Wildman–Crippen LogP) is 0.972. The molecule has 9 heavy (non-hydrogen) atoms. The summed E-state index contributed by atoms with van der Waals surface area (Å²) >= 11 is 0. The fourth-order valence-corrected chi connectivity index (χ4v) is 1.09. The smallest absolute Gasteiger partial charge is 0.147 e. The van der Waals surface area contributed by atoms with Gasteiger partial charge in [-0.15, -0.1) is 0 Å². The van der Waals surface area contributed by atoms with Crippen LogP contribution in [0.3, 0.4) is 0 Å². The number of nitrogens with two attached hydrogens (primary N) is 1. The minimum atomic E-state index is 0.802. The van der Waals surface area contributed by atoms with Crippen LogP contribution >= 0.6 is 0 Å². The summed E-state index contributed by atoms with van der Waals surface area (Å²) in [5.74, 6) is 0. The molecule has 50 valence electrons. The Morgan fingerprint density at radius 2 is 2.00 bits per heavy atom. The van der Waals surface area contributed by atoms with Gasteiger partial charge >= 0.3 is 0 Å². The maximum absolute atomic E-state index is 10.2. The van der Waals surface area contributed by atoms with E-state index in [2.05, 4.69) is 0 Å². The lowest BCUT2D eigenvalue weighted by Gasteiger charge is -2.11. The first-order valence-corrected chi connectivity index (χ1v) is 3.27. The largest absolute Gasteiger partial charge is 0.402 e. The predicted molar refractivity (Wildman–Crippen MR) is 35.7 cm³/mol. The highest BCUT2D eigenvalue weighted by Crippen LogP contribution is 2.18. The van der Waals surface area contributed by atoms with Crippen LogP contribution in [0.2, 0.25) is 0 Å². The Labute approximate surface area is 54.7 Å². The van der Waals surface area contributed by atoms with Crippen LogP contribution < -0.4 is 5.73 Å². The van der Waals surface area contributed by atoms with E-state index in [1.165, 1.54) is 0 Å². The van der Waals surface area contributed by atoms with E-state index in [1.807, 2.05) is 0 Å². The molecule has 0 unspecified atom stereocenters. The van der Waals surface area contributed by atoms with Crippen LogP contribution in [0.4, 0.5) is 0 Å². The normalized spacial score (nSPS) is 20.0. The lowest BCUT2D eigenvalue weighted by atomic mass is 9.98. The summed E-state index contributed by atoms with van der Waals surface area (Å²) in [6, 6.07) is 0. The Balaban J connectivity index is 2.70. The Morgan fingerprint density at radius 3 is 2.44 bits per heavy atom. The fraction of sp³-hybridized carbons (Fsp3) is 0.571. The van der Waals surface area contributed by atoms with Crippen molar-refractivity contribution >= 4 is 6.29 Å². The molecule has 1 aliphatic rings. The van der Waals surface area contributed by atoms with E-state index in [0.29, 0.717) is 0 Å². The number of hydrogen-bond donors (Lipinski definition) is 1. The molecule has 0 aromatic heterocycles. The first-order chi connectivity index (χ1) is 4.34. The Hall–Kier alpha value is -0.790. The first kappa shape index (κ1) is 6.33. The molecule has 1 aliphatic carbocycles. The van der Waals surface area contributed by atoms with Crippen molar-refractivity contribution in [2.75, 3.05) is 0 Å². The van der Waals surface area contributed by atoms with E-state index in [4.69, 9.17) is 5.73 Å². The van der Waals surface area contributed by atoms with E-state index < -0.39 is 0 Å². The molecular formula is C7H11NO. The number of allylic oxidation sites excluding steroid dienone is 2. The van der Waals surface area contributed by atoms with Crippen LogP contribution in [0, 0.1) is 0 Å². The van der Waals surface area contributed by atoms with Gasteiger partial charge in [0, 0.05) is 11.3 Å². The van der Waals surface area contributed by atoms with Gasteiger partial charge in [-0.25, -0.2) is 0 Å². The van der Waals surface area contributed by atoms with Crippen molar-refractivity contribution in [3.05, 3.63) is 11.3 Å². The molecule has 0 radical (unpaired) electrons. The highest BCUT2D eigenvalue weighted by atomic mass is 16.1. The molecule has 0 fully saturated rings. The lowest BCUT2D eigenvalue weighted by molar-refractivity contribution is -0.105. The van der Waals surface area contributed by atoms with Gasteiger partial charge in [0.1, 0.15) is 6.29 Å². The molecule has 2 N–H and O–H groups in total. The van der Waals surface area contributed by atoms with Gasteiger partial charge in [0.2, 0.25) is 0 Å². The maximum Gasteiger partial charge on any atom is 0.147 e. The first-order valence-electron chi connectivity index (χ1n) is 3.27. The topological polar surface area (TPSA) is 43.1 Å². The van der Waals surface area contributed by atoms with E-state index in [-0.39, 0.29) is 0 Å². The summed E-state index contributed by atoms with van der Waals surface area (Å²) in [4.78, 5) is 10.2. The van der Waals surface area contributed by atoms with Crippen LogP contribution in [-0.2, 0) is 4.79 Å². The molecule has 0 spiro atoms. The molecule has 2 nitrogen and oxygen atoms in total. The van der Waals surface area contributed by atoms with Crippen molar-refractivity contribution in [2.45, 2.75) is 25.7 Å². The zero-order valence-corrected chi connectivity index (χ0v) is 5.39. The Morgan fingerprint density at radius 1 is 1.33 bits per heavy atom. The number of rotatable bonds is 1. The Bertz CT molecular complexity index is 149. The third kappa shape index (κ3) is 1.31. The highest BCUT2D eigenvalue weighted by molar-refractivity contribution is 5.74. The third-order valence-electron chi connectivity index (χ3n) is 1.70. The fourth-order valence-electron chi connectivity index (χ4n) is 1.09. The average Bonchev–Trinajstić information content (AvgIpc) is 1.89. The van der Waals surface area contributed by atoms with E-state index in [9.17, 15) is 4.79 Å². The van der Waals surface area contributed by atoms with Crippen molar-refractivity contribution < 1.29 is 4.79 Å². The van der Waals surface area contributed by atoms with Crippen molar-refractivity contribution in [2.24, 2.45) is 5.73 Å². The SMILES string of the molecule is NC1=C(C=O)CCCC1. The number of carbonyl (C=O) groups is 1. The van der Waals surface area contributed by atoms with E-state index in [0.717, 1.165) is 43.2 Å². The minimum absolute atomic E-state index is 0.802. The van der Waals surface area contributed by atoms with Crippen LogP contribution in [0.1, 0.15) is 25.7 Å². The van der Waals surface area contributed by atoms with Gasteiger partial charge in [-0.2, -0.15) is 0 Å². The molecule has 1 rings (SSSR count). The van der Waals surface area contributed by atoms with Gasteiger partial charge in [0.25, 0.3) is 0 Å². The number of carbonyl (C=O) groups excluding carboxylic acids is 1. The van der Waals surface area contributed by atoms with Gasteiger partial charge in [0.05, 0.1) is 0 Å². The summed E-state index contributed by atoms with van der Waals surface area (Å²) in [6.45, 7) is 0. The van der Waals surface area contributed by atoms with Crippen LogP contribution in [-0.4, -0.2) is 6.29 Å². The minimum Gasteiger partial charge on any atom is -0.402 e. The summed E-state index contributed by atoms with van der Waals surface area (Å²) in [5.41, 5.74) is 7.16. The van der Waals surface area contributed by atoms with Gasteiger partial charge < -0.3 is 5.73 Å². The second-order valence-corrected chi connectivity index (χ2v) is 2.38. The van der Waals surface area contributed by atoms with Crippen LogP contribution in [0.25, 0.3) is 0 Å². The molecule has 0 saturated carbocycles. The third-order valence-corrected chi connectivity index (χ3v) is 1.70. The quantitative estimate of drug-likeness (QED) is 0.531. The summed E-state index contributed by atoms with van der Waals surface area (Å²) < 4.78 is 0. The molecular weight excluding hydrogens is 114 g/mol. The van der Waals surface area contributed by atoms with Gasteiger partial charge in [-0.05, 0) is 25.7 Å². The van der Waals surface area contributed by atoms with E-state index in [1.54, 1.807) is 0 Å². The number of aldehydes is 1. The maximum atomic E-state index is 10.2. The number of hydrogen-bond acceptors (Lipinski definition) is 2. The highest BCUT2D eigenvalue weighted by Gasteiger charge is 2.07. The molecule has 0 aromatic carbocycles. The zero-order chi connectivity index (χ0) is 6.69. The monoisotopic (exact) mass is 125 g/mol. The second-order valence-electron chi connectivity index (χ2n) is 2.38. The molecule has 0 aromatic rings.